The van der Waals surface area contributed by atoms with Gasteiger partial charge in [-0.05, 0) is 61.2 Å². The molecule has 0 saturated heterocycles. The molecule has 4 rings (SSSR count). The third kappa shape index (κ3) is 10.9. The SMILES string of the molecule is CC(C)[C@@H]1CC[C@@H](C)C[C@H]1OCc1cc[c-]cc1.CC(C)[C@@H]1CC[C@@H](C)C[C@H]1OCc1cc[c-]cc1.[Zn+2]. The second-order valence-corrected chi connectivity index (χ2v) is 12.2. The van der Waals surface area contributed by atoms with Gasteiger partial charge in [0.2, 0.25) is 0 Å². The van der Waals surface area contributed by atoms with Crippen LogP contribution in [0.25, 0.3) is 0 Å². The molecule has 0 aliphatic heterocycles. The molecule has 0 spiro atoms. The first-order chi connectivity index (χ1) is 17.3. The monoisotopic (exact) mass is 554 g/mol. The third-order valence-electron chi connectivity index (χ3n) is 8.43. The summed E-state index contributed by atoms with van der Waals surface area (Å²) in [6.07, 6.45) is 8.71. The Kier molecular flexibility index (Phi) is 14.7. The van der Waals surface area contributed by atoms with Crippen LogP contribution in [0.2, 0.25) is 0 Å². The zero-order valence-corrected chi connectivity index (χ0v) is 27.4. The van der Waals surface area contributed by atoms with Gasteiger partial charge in [0.25, 0.3) is 0 Å². The van der Waals surface area contributed by atoms with Crippen LogP contribution in [-0.2, 0) is 42.2 Å². The summed E-state index contributed by atoms with van der Waals surface area (Å²) >= 11 is 0. The second-order valence-electron chi connectivity index (χ2n) is 12.2. The molecule has 0 amide bonds. The molecule has 0 radical (unpaired) electrons. The van der Waals surface area contributed by atoms with Gasteiger partial charge in [0.1, 0.15) is 0 Å². The van der Waals surface area contributed by atoms with E-state index in [4.69, 9.17) is 9.47 Å². The molecule has 0 bridgehead atoms. The van der Waals surface area contributed by atoms with E-state index in [2.05, 4.69) is 77.9 Å². The van der Waals surface area contributed by atoms with Crippen LogP contribution in [0.15, 0.2) is 48.5 Å². The number of hydrogen-bond acceptors (Lipinski definition) is 2. The van der Waals surface area contributed by atoms with E-state index in [1.54, 1.807) is 0 Å². The molecule has 2 aromatic carbocycles. The standard InChI is InChI=1S/2C17H25O.Zn/c2*1-13(2)16-10-9-14(3)11-17(16)18-12-15-7-5-4-6-8-15;/h2*5-8,13-14,16-17H,9-12H2,1-3H3;/q2*-1;+2/t2*14-,16+,17-;/m11./s1. The van der Waals surface area contributed by atoms with Crippen molar-refractivity contribution in [3.63, 3.8) is 0 Å². The minimum Gasteiger partial charge on any atom is -0.375 e. The predicted octanol–water partition coefficient (Wildman–Crippen LogP) is 8.93. The molecule has 2 aliphatic rings. The van der Waals surface area contributed by atoms with Crippen LogP contribution in [0.4, 0.5) is 0 Å². The van der Waals surface area contributed by atoms with E-state index in [0.717, 1.165) is 48.7 Å². The van der Waals surface area contributed by atoms with Gasteiger partial charge >= 0.3 is 19.5 Å². The zero-order chi connectivity index (χ0) is 25.9. The van der Waals surface area contributed by atoms with Gasteiger partial charge in [-0.3, -0.25) is 0 Å². The summed E-state index contributed by atoms with van der Waals surface area (Å²) < 4.78 is 12.4. The molecule has 2 aromatic rings. The van der Waals surface area contributed by atoms with Gasteiger partial charge in [-0.1, -0.05) is 54.4 Å². The van der Waals surface area contributed by atoms with Crippen LogP contribution < -0.4 is 0 Å². The van der Waals surface area contributed by atoms with E-state index in [0.29, 0.717) is 12.2 Å². The normalized spacial score (nSPS) is 27.8. The summed E-state index contributed by atoms with van der Waals surface area (Å²) in [4.78, 5) is 0. The number of rotatable bonds is 8. The Morgan fingerprint density at radius 1 is 0.649 bits per heavy atom. The van der Waals surface area contributed by atoms with Crippen LogP contribution in [0.5, 0.6) is 0 Å². The largest absolute Gasteiger partial charge is 2.00 e. The molecule has 37 heavy (non-hydrogen) atoms. The Morgan fingerprint density at radius 3 is 1.32 bits per heavy atom. The van der Waals surface area contributed by atoms with E-state index in [1.807, 2.05) is 24.3 Å². The Labute approximate surface area is 241 Å². The van der Waals surface area contributed by atoms with Crippen LogP contribution in [0.3, 0.4) is 0 Å². The van der Waals surface area contributed by atoms with Crippen LogP contribution in [0.1, 0.15) is 91.2 Å². The number of benzene rings is 2. The van der Waals surface area contributed by atoms with Crippen LogP contribution in [-0.4, -0.2) is 12.2 Å². The maximum Gasteiger partial charge on any atom is 2.00 e. The van der Waals surface area contributed by atoms with Crippen molar-refractivity contribution in [2.75, 3.05) is 0 Å². The first-order valence-electron chi connectivity index (χ1n) is 14.5. The second kappa shape index (κ2) is 16.8. The molecule has 2 aliphatic carbocycles. The molecule has 6 atom stereocenters. The van der Waals surface area contributed by atoms with Gasteiger partial charge < -0.3 is 9.47 Å². The van der Waals surface area contributed by atoms with Gasteiger partial charge in [-0.25, -0.2) is 0 Å². The van der Waals surface area contributed by atoms with Gasteiger partial charge in [-0.2, -0.15) is 60.7 Å². The molecule has 0 unspecified atom stereocenters. The summed E-state index contributed by atoms with van der Waals surface area (Å²) in [5.41, 5.74) is 2.52. The average molecular weight is 556 g/mol. The van der Waals surface area contributed by atoms with Gasteiger partial charge in [0.05, 0.1) is 25.4 Å². The molecule has 2 nitrogen and oxygen atoms in total. The van der Waals surface area contributed by atoms with E-state index < -0.39 is 0 Å². The van der Waals surface area contributed by atoms with Crippen molar-refractivity contribution in [2.24, 2.45) is 35.5 Å². The first kappa shape index (κ1) is 32.2. The average Bonchev–Trinajstić information content (AvgIpc) is 2.87. The summed E-state index contributed by atoms with van der Waals surface area (Å²) in [6, 6.07) is 22.3. The topological polar surface area (TPSA) is 18.5 Å². The molecule has 3 heteroatoms. The third-order valence-corrected chi connectivity index (χ3v) is 8.43. The molecule has 0 aromatic heterocycles. The zero-order valence-electron chi connectivity index (χ0n) is 24.4. The fraction of sp³-hybridized carbons (Fsp3) is 0.647. The number of hydrogen-bond donors (Lipinski definition) is 0. The van der Waals surface area contributed by atoms with E-state index in [9.17, 15) is 0 Å². The van der Waals surface area contributed by atoms with Crippen molar-refractivity contribution in [1.82, 2.24) is 0 Å². The van der Waals surface area contributed by atoms with Crippen LogP contribution in [0, 0.1) is 47.6 Å². The minimum atomic E-state index is 0. The summed E-state index contributed by atoms with van der Waals surface area (Å²) in [6.45, 7) is 15.5. The molecule has 2 saturated carbocycles. The Morgan fingerprint density at radius 2 is 1.00 bits per heavy atom. The molecule has 0 heterocycles. The fourth-order valence-corrected chi connectivity index (χ4v) is 6.05. The molecular weight excluding hydrogens is 506 g/mol. The van der Waals surface area contributed by atoms with E-state index >= 15 is 0 Å². The maximum absolute atomic E-state index is 6.20. The number of ether oxygens (including phenoxy) is 2. The van der Waals surface area contributed by atoms with Crippen molar-refractivity contribution < 1.29 is 29.0 Å². The van der Waals surface area contributed by atoms with E-state index in [-0.39, 0.29) is 19.5 Å². The predicted molar refractivity (Wildman–Crippen MR) is 150 cm³/mol. The van der Waals surface area contributed by atoms with Crippen molar-refractivity contribution in [2.45, 2.75) is 105 Å². The quantitative estimate of drug-likeness (QED) is 0.239. The van der Waals surface area contributed by atoms with Gasteiger partial charge in [0.15, 0.2) is 0 Å². The molecule has 200 valence electrons. The summed E-state index contributed by atoms with van der Waals surface area (Å²) in [5.74, 6) is 4.55. The molecular formula is C34H50O2Zn. The van der Waals surface area contributed by atoms with Crippen molar-refractivity contribution in [3.05, 3.63) is 71.8 Å². The molecule has 0 N–H and O–H groups in total. The fourth-order valence-electron chi connectivity index (χ4n) is 6.05. The van der Waals surface area contributed by atoms with Crippen LogP contribution >= 0.6 is 0 Å². The first-order valence-corrected chi connectivity index (χ1v) is 14.5. The Bertz CT molecular complexity index is 766. The van der Waals surface area contributed by atoms with Gasteiger partial charge in [-0.15, -0.1) is 11.1 Å². The molecule has 2 fully saturated rings. The minimum absolute atomic E-state index is 0. The van der Waals surface area contributed by atoms with Gasteiger partial charge in [0, 0.05) is 0 Å². The van der Waals surface area contributed by atoms with Crippen molar-refractivity contribution >= 4 is 0 Å². The van der Waals surface area contributed by atoms with Crippen molar-refractivity contribution in [1.29, 1.82) is 0 Å². The van der Waals surface area contributed by atoms with E-state index in [1.165, 1.54) is 49.7 Å². The maximum atomic E-state index is 6.20. The smallest absolute Gasteiger partial charge is 0.375 e. The Balaban J connectivity index is 0.000000253. The Hall–Kier alpha value is -1.02. The van der Waals surface area contributed by atoms with Crippen molar-refractivity contribution in [3.8, 4) is 0 Å². The summed E-state index contributed by atoms with van der Waals surface area (Å²) in [7, 11) is 0. The summed E-state index contributed by atoms with van der Waals surface area (Å²) in [5, 5.41) is 0.